The predicted molar refractivity (Wildman–Crippen MR) is 84.5 cm³/mol. The van der Waals surface area contributed by atoms with Gasteiger partial charge in [-0.3, -0.25) is 4.79 Å². The van der Waals surface area contributed by atoms with Gasteiger partial charge in [0.05, 0.1) is 7.11 Å². The van der Waals surface area contributed by atoms with Crippen molar-refractivity contribution >= 4 is 43.7 Å². The van der Waals surface area contributed by atoms with Crippen LogP contribution in [0, 0.1) is 0 Å². The van der Waals surface area contributed by atoms with Crippen molar-refractivity contribution in [3.8, 4) is 0 Å². The zero-order chi connectivity index (χ0) is 15.3. The van der Waals surface area contributed by atoms with Crippen molar-refractivity contribution in [1.29, 1.82) is 0 Å². The monoisotopic (exact) mass is 403 g/mol. The fraction of sp³-hybridized carbons (Fsp3) is 0.286. The Morgan fingerprint density at radius 1 is 1.30 bits per heavy atom. The molecular weight excluding hydrogens is 390 g/mol. The van der Waals surface area contributed by atoms with Gasteiger partial charge < -0.3 is 10.1 Å². The molecule has 108 valence electrons. The molecule has 0 unspecified atom stereocenters. The lowest BCUT2D eigenvalue weighted by molar-refractivity contribution is -0.142. The second kappa shape index (κ2) is 7.59. The average molecular weight is 405 g/mol. The van der Waals surface area contributed by atoms with Gasteiger partial charge in [-0.1, -0.05) is 37.4 Å². The molecular formula is C14H15Br2NO3. The maximum Gasteiger partial charge on any atom is 0.328 e. The number of carbonyl (C=O) groups is 2. The highest BCUT2D eigenvalue weighted by atomic mass is 79.9. The number of benzene rings is 1. The molecule has 0 bridgehead atoms. The summed E-state index contributed by atoms with van der Waals surface area (Å²) in [5.41, 5.74) is 1.23. The topological polar surface area (TPSA) is 55.4 Å². The Kier molecular flexibility index (Phi) is 6.42. The van der Waals surface area contributed by atoms with Crippen molar-refractivity contribution in [3.05, 3.63) is 44.9 Å². The highest BCUT2D eigenvalue weighted by Gasteiger charge is 2.22. The normalized spacial score (nSPS) is 11.6. The lowest BCUT2D eigenvalue weighted by Gasteiger charge is -2.16. The van der Waals surface area contributed by atoms with Gasteiger partial charge in [0.2, 0.25) is 0 Å². The van der Waals surface area contributed by atoms with Crippen LogP contribution in [-0.2, 0) is 9.53 Å². The van der Waals surface area contributed by atoms with Gasteiger partial charge in [0, 0.05) is 14.5 Å². The lowest BCUT2D eigenvalue weighted by atomic mass is 10.1. The summed E-state index contributed by atoms with van der Waals surface area (Å²) in [6, 6.07) is 4.44. The third kappa shape index (κ3) is 5.09. The number of halogens is 2. The van der Waals surface area contributed by atoms with Crippen molar-refractivity contribution in [1.82, 2.24) is 5.32 Å². The van der Waals surface area contributed by atoms with Crippen LogP contribution in [-0.4, -0.2) is 25.0 Å². The van der Waals surface area contributed by atoms with Gasteiger partial charge in [-0.05, 0) is 31.5 Å². The fourth-order valence-electron chi connectivity index (χ4n) is 1.61. The first kappa shape index (κ1) is 16.9. The van der Waals surface area contributed by atoms with Gasteiger partial charge in [-0.2, -0.15) is 0 Å². The van der Waals surface area contributed by atoms with Crippen LogP contribution in [0.5, 0.6) is 0 Å². The third-order valence-corrected chi connectivity index (χ3v) is 3.38. The van der Waals surface area contributed by atoms with E-state index in [1.807, 2.05) is 6.07 Å². The minimum absolute atomic E-state index is 0.341. The Morgan fingerprint density at radius 3 is 2.30 bits per heavy atom. The molecule has 0 fully saturated rings. The van der Waals surface area contributed by atoms with Gasteiger partial charge in [0.15, 0.2) is 0 Å². The van der Waals surface area contributed by atoms with Crippen LogP contribution in [0.25, 0.3) is 0 Å². The molecule has 0 aromatic heterocycles. The molecule has 1 rings (SSSR count). The number of methoxy groups -OCH3 is 1. The summed E-state index contributed by atoms with van der Waals surface area (Å²) in [6.07, 6.45) is 0.341. The standard InChI is InChI=1S/C14H15Br2NO3/c1-8(2)4-12(14(19)20-3)17-13(18)9-5-10(15)7-11(16)6-9/h5-7,12H,1,4H2,2-3H3,(H,17,18)/t12-/m1/s1. The minimum Gasteiger partial charge on any atom is -0.467 e. The van der Waals surface area contributed by atoms with Crippen molar-refractivity contribution in [2.24, 2.45) is 0 Å². The number of amides is 1. The molecule has 20 heavy (non-hydrogen) atoms. The van der Waals surface area contributed by atoms with Crippen LogP contribution in [0.2, 0.25) is 0 Å². The van der Waals surface area contributed by atoms with E-state index in [4.69, 9.17) is 0 Å². The molecule has 1 N–H and O–H groups in total. The quantitative estimate of drug-likeness (QED) is 0.604. The van der Waals surface area contributed by atoms with Gasteiger partial charge in [0.1, 0.15) is 6.04 Å². The van der Waals surface area contributed by atoms with E-state index in [1.54, 1.807) is 19.1 Å². The molecule has 0 saturated heterocycles. The summed E-state index contributed by atoms with van der Waals surface area (Å²) >= 11 is 6.63. The van der Waals surface area contributed by atoms with E-state index in [-0.39, 0.29) is 5.91 Å². The first-order valence-electron chi connectivity index (χ1n) is 5.82. The number of hydrogen-bond acceptors (Lipinski definition) is 3. The predicted octanol–water partition coefficient (Wildman–Crippen LogP) is 3.45. The van der Waals surface area contributed by atoms with Crippen molar-refractivity contribution in [3.63, 3.8) is 0 Å². The second-order valence-electron chi connectivity index (χ2n) is 4.37. The van der Waals surface area contributed by atoms with Gasteiger partial charge in [-0.15, -0.1) is 6.58 Å². The second-order valence-corrected chi connectivity index (χ2v) is 6.20. The van der Waals surface area contributed by atoms with Gasteiger partial charge in [-0.25, -0.2) is 4.79 Å². The Labute approximate surface area is 134 Å². The smallest absolute Gasteiger partial charge is 0.328 e. The summed E-state index contributed by atoms with van der Waals surface area (Å²) in [4.78, 5) is 23.8. The summed E-state index contributed by atoms with van der Waals surface area (Å²) < 4.78 is 6.22. The third-order valence-electron chi connectivity index (χ3n) is 2.47. The molecule has 0 aliphatic rings. The number of carbonyl (C=O) groups excluding carboxylic acids is 2. The fourth-order valence-corrected chi connectivity index (χ4v) is 2.90. The van der Waals surface area contributed by atoms with Crippen LogP contribution in [0.1, 0.15) is 23.7 Å². The molecule has 4 nitrogen and oxygen atoms in total. The number of ether oxygens (including phenoxy) is 1. The molecule has 0 saturated carbocycles. The van der Waals surface area contributed by atoms with Crippen LogP contribution in [0.3, 0.4) is 0 Å². The molecule has 1 amide bonds. The lowest BCUT2D eigenvalue weighted by Crippen LogP contribution is -2.41. The zero-order valence-corrected chi connectivity index (χ0v) is 14.4. The summed E-state index contributed by atoms with van der Waals surface area (Å²) in [5, 5.41) is 2.65. The van der Waals surface area contributed by atoms with E-state index in [0.717, 1.165) is 14.5 Å². The van der Waals surface area contributed by atoms with Crippen molar-refractivity contribution in [2.45, 2.75) is 19.4 Å². The highest BCUT2D eigenvalue weighted by molar-refractivity contribution is 9.11. The molecule has 1 atom stereocenters. The SMILES string of the molecule is C=C(C)C[C@@H](NC(=O)c1cc(Br)cc(Br)c1)C(=O)OC. The molecule has 0 aliphatic carbocycles. The Morgan fingerprint density at radius 2 is 1.85 bits per heavy atom. The van der Waals surface area contributed by atoms with Crippen molar-refractivity contribution in [2.75, 3.05) is 7.11 Å². The summed E-state index contributed by atoms with van der Waals surface area (Å²) in [5.74, 6) is -0.834. The number of hydrogen-bond donors (Lipinski definition) is 1. The number of esters is 1. The summed E-state index contributed by atoms with van der Waals surface area (Å²) in [6.45, 7) is 5.54. The van der Waals surface area contributed by atoms with E-state index in [1.165, 1.54) is 7.11 Å². The zero-order valence-electron chi connectivity index (χ0n) is 11.2. The molecule has 0 heterocycles. The number of nitrogens with one attached hydrogen (secondary N) is 1. The van der Waals surface area contributed by atoms with Crippen LogP contribution in [0.4, 0.5) is 0 Å². The van der Waals surface area contributed by atoms with Crippen LogP contribution >= 0.6 is 31.9 Å². The average Bonchev–Trinajstić information content (AvgIpc) is 2.35. The first-order chi connectivity index (χ1) is 9.33. The van der Waals surface area contributed by atoms with E-state index in [2.05, 4.69) is 48.5 Å². The van der Waals surface area contributed by atoms with E-state index in [0.29, 0.717) is 12.0 Å². The van der Waals surface area contributed by atoms with Crippen molar-refractivity contribution < 1.29 is 14.3 Å². The van der Waals surface area contributed by atoms with E-state index in [9.17, 15) is 9.59 Å². The first-order valence-corrected chi connectivity index (χ1v) is 7.41. The maximum atomic E-state index is 12.2. The number of rotatable bonds is 5. The van der Waals surface area contributed by atoms with Crippen LogP contribution < -0.4 is 5.32 Å². The molecule has 1 aromatic carbocycles. The van der Waals surface area contributed by atoms with Gasteiger partial charge >= 0.3 is 5.97 Å². The van der Waals surface area contributed by atoms with Gasteiger partial charge in [0.25, 0.3) is 5.91 Å². The molecule has 0 radical (unpaired) electrons. The maximum absolute atomic E-state index is 12.2. The van der Waals surface area contributed by atoms with Crippen LogP contribution in [0.15, 0.2) is 39.3 Å². The van der Waals surface area contributed by atoms with E-state index >= 15 is 0 Å². The largest absolute Gasteiger partial charge is 0.467 e. The molecule has 6 heteroatoms. The Bertz CT molecular complexity index is 523. The van der Waals surface area contributed by atoms with E-state index < -0.39 is 12.0 Å². The molecule has 1 aromatic rings. The Hall–Kier alpha value is -1.14. The highest BCUT2D eigenvalue weighted by Crippen LogP contribution is 2.20. The minimum atomic E-state index is -0.734. The summed E-state index contributed by atoms with van der Waals surface area (Å²) in [7, 11) is 1.29. The molecule has 0 spiro atoms. The Balaban J connectivity index is 2.89. The molecule has 0 aliphatic heterocycles.